The Morgan fingerprint density at radius 1 is 1.11 bits per heavy atom. The van der Waals surface area contributed by atoms with Crippen LogP contribution in [-0.2, 0) is 25.1 Å². The maximum absolute atomic E-state index is 6.51. The quantitative estimate of drug-likeness (QED) is 0.696. The van der Waals surface area contributed by atoms with E-state index in [-0.39, 0.29) is 0 Å². The molecule has 3 nitrogen and oxygen atoms in total. The summed E-state index contributed by atoms with van der Waals surface area (Å²) in [7, 11) is 0. The smallest absolute Gasteiger partial charge is 0.0640 e. The molecule has 27 heavy (non-hydrogen) atoms. The van der Waals surface area contributed by atoms with Crippen LogP contribution in [0.5, 0.6) is 0 Å². The van der Waals surface area contributed by atoms with Gasteiger partial charge in [-0.2, -0.15) is 11.8 Å². The Balaban J connectivity index is 1.37. The van der Waals surface area contributed by atoms with E-state index in [4.69, 9.17) is 11.6 Å². The molecule has 2 N–H and O–H groups in total. The van der Waals surface area contributed by atoms with Gasteiger partial charge in [-0.3, -0.25) is 4.98 Å². The number of anilines is 1. The van der Waals surface area contributed by atoms with Gasteiger partial charge in [-0.05, 0) is 67.6 Å². The molecular formula is C22H28ClN3S. The van der Waals surface area contributed by atoms with E-state index in [0.29, 0.717) is 0 Å². The van der Waals surface area contributed by atoms with Gasteiger partial charge >= 0.3 is 0 Å². The number of hydrogen-bond acceptors (Lipinski definition) is 4. The zero-order valence-corrected chi connectivity index (χ0v) is 17.3. The van der Waals surface area contributed by atoms with E-state index in [1.165, 1.54) is 48.1 Å². The van der Waals surface area contributed by atoms with Crippen molar-refractivity contribution in [2.45, 2.75) is 56.1 Å². The average molecular weight is 402 g/mol. The van der Waals surface area contributed by atoms with E-state index < -0.39 is 0 Å². The number of fused-ring (bicyclic) bond motifs is 1. The van der Waals surface area contributed by atoms with Crippen LogP contribution in [0.4, 0.5) is 5.69 Å². The van der Waals surface area contributed by atoms with Gasteiger partial charge in [-0.25, -0.2) is 0 Å². The maximum Gasteiger partial charge on any atom is 0.0640 e. The van der Waals surface area contributed by atoms with Crippen molar-refractivity contribution in [1.82, 2.24) is 10.3 Å². The summed E-state index contributed by atoms with van der Waals surface area (Å²) < 4.78 is 0. The van der Waals surface area contributed by atoms with E-state index in [1.54, 1.807) is 0 Å². The molecule has 0 radical (unpaired) electrons. The minimum absolute atomic E-state index is 0.757. The lowest BCUT2D eigenvalue weighted by Gasteiger charge is -2.16. The first-order valence-electron chi connectivity index (χ1n) is 10.1. The molecule has 1 aliphatic carbocycles. The molecule has 144 valence electrons. The molecule has 1 aromatic carbocycles. The van der Waals surface area contributed by atoms with Crippen molar-refractivity contribution in [3.63, 3.8) is 0 Å². The number of nitrogens with zero attached hydrogens (tertiary/aromatic N) is 1. The molecule has 1 aromatic heterocycles. The summed E-state index contributed by atoms with van der Waals surface area (Å²) in [6, 6.07) is 8.57. The highest BCUT2D eigenvalue weighted by Crippen LogP contribution is 2.32. The van der Waals surface area contributed by atoms with Gasteiger partial charge in [0.1, 0.15) is 0 Å². The molecule has 0 saturated heterocycles. The first-order chi connectivity index (χ1) is 13.3. The standard InChI is InChI=1S/C22H28ClN3S/c23-21-8-6-17-9-11-24-12-10-20(17)22(21)26-14-16-5-7-18(25-13-16)15-27-19-3-1-2-4-19/h5-8,13,19,24,26H,1-4,9-12,14-15H2. The summed E-state index contributed by atoms with van der Waals surface area (Å²) >= 11 is 8.58. The summed E-state index contributed by atoms with van der Waals surface area (Å²) in [5.74, 6) is 1.03. The van der Waals surface area contributed by atoms with Crippen LogP contribution >= 0.6 is 23.4 Å². The molecule has 0 atom stereocenters. The van der Waals surface area contributed by atoms with E-state index in [2.05, 4.69) is 45.6 Å². The SMILES string of the molecule is Clc1ccc2c(c1NCc1ccc(CSC3CCCC3)nc1)CCNCC2. The minimum atomic E-state index is 0.757. The van der Waals surface area contributed by atoms with E-state index in [9.17, 15) is 0 Å². The molecule has 1 fully saturated rings. The molecule has 2 aliphatic rings. The van der Waals surface area contributed by atoms with Gasteiger partial charge in [0.2, 0.25) is 0 Å². The van der Waals surface area contributed by atoms with Crippen LogP contribution in [0.1, 0.15) is 48.1 Å². The molecule has 5 heteroatoms. The highest BCUT2D eigenvalue weighted by molar-refractivity contribution is 7.99. The van der Waals surface area contributed by atoms with Gasteiger partial charge in [0.25, 0.3) is 0 Å². The van der Waals surface area contributed by atoms with Crippen LogP contribution in [0.2, 0.25) is 5.02 Å². The number of thioether (sulfide) groups is 1. The lowest BCUT2D eigenvalue weighted by molar-refractivity contribution is 0.711. The van der Waals surface area contributed by atoms with Gasteiger partial charge in [-0.15, -0.1) is 0 Å². The van der Waals surface area contributed by atoms with Crippen LogP contribution < -0.4 is 10.6 Å². The van der Waals surface area contributed by atoms with Crippen LogP contribution in [-0.4, -0.2) is 23.3 Å². The number of benzene rings is 1. The summed E-state index contributed by atoms with van der Waals surface area (Å²) in [5, 5.41) is 8.71. The first kappa shape index (κ1) is 19.1. The topological polar surface area (TPSA) is 37.0 Å². The Morgan fingerprint density at radius 3 is 2.78 bits per heavy atom. The Morgan fingerprint density at radius 2 is 1.96 bits per heavy atom. The average Bonchev–Trinajstić information content (AvgIpc) is 3.10. The van der Waals surface area contributed by atoms with Gasteiger partial charge < -0.3 is 10.6 Å². The predicted molar refractivity (Wildman–Crippen MR) is 117 cm³/mol. The molecule has 0 amide bonds. The fourth-order valence-corrected chi connectivity index (χ4v) is 5.52. The highest BCUT2D eigenvalue weighted by Gasteiger charge is 2.16. The second-order valence-electron chi connectivity index (χ2n) is 7.54. The van der Waals surface area contributed by atoms with Crippen molar-refractivity contribution in [1.29, 1.82) is 0 Å². The summed E-state index contributed by atoms with van der Waals surface area (Å²) in [5.41, 5.74) is 6.26. The Labute approximate surface area is 171 Å². The molecular weight excluding hydrogens is 374 g/mol. The zero-order valence-electron chi connectivity index (χ0n) is 15.8. The van der Waals surface area contributed by atoms with Crippen LogP contribution in [0.3, 0.4) is 0 Å². The molecule has 0 spiro atoms. The van der Waals surface area contributed by atoms with Crippen LogP contribution in [0.25, 0.3) is 0 Å². The fraction of sp³-hybridized carbons (Fsp3) is 0.500. The predicted octanol–water partition coefficient (Wildman–Crippen LogP) is 5.21. The molecule has 1 saturated carbocycles. The monoisotopic (exact) mass is 401 g/mol. The highest BCUT2D eigenvalue weighted by atomic mass is 35.5. The zero-order chi connectivity index (χ0) is 18.5. The number of nitrogens with one attached hydrogen (secondary N) is 2. The van der Waals surface area contributed by atoms with E-state index in [1.807, 2.05) is 12.3 Å². The lowest BCUT2D eigenvalue weighted by Crippen LogP contribution is -2.16. The molecule has 4 rings (SSSR count). The molecule has 2 aromatic rings. The minimum Gasteiger partial charge on any atom is -0.379 e. The molecule has 0 bridgehead atoms. The Hall–Kier alpha value is -1.23. The third-order valence-corrected chi connectivity index (χ3v) is 7.33. The van der Waals surface area contributed by atoms with Crippen molar-refractivity contribution in [3.8, 4) is 0 Å². The molecule has 1 aliphatic heterocycles. The number of halogens is 1. The summed E-state index contributed by atoms with van der Waals surface area (Å²) in [4.78, 5) is 4.67. The summed E-state index contributed by atoms with van der Waals surface area (Å²) in [6.07, 6.45) is 9.65. The van der Waals surface area contributed by atoms with Crippen molar-refractivity contribution in [2.24, 2.45) is 0 Å². The van der Waals surface area contributed by atoms with Crippen molar-refractivity contribution in [2.75, 3.05) is 18.4 Å². The number of rotatable bonds is 6. The fourth-order valence-electron chi connectivity index (χ4n) is 4.03. The normalized spacial score (nSPS) is 17.5. The Kier molecular flexibility index (Phi) is 6.59. The van der Waals surface area contributed by atoms with Gasteiger partial charge in [-0.1, -0.05) is 36.6 Å². The van der Waals surface area contributed by atoms with Gasteiger partial charge in [0.05, 0.1) is 16.4 Å². The van der Waals surface area contributed by atoms with Gasteiger partial charge in [0, 0.05) is 23.7 Å². The number of pyridine rings is 1. The molecule has 2 heterocycles. The van der Waals surface area contributed by atoms with Gasteiger partial charge in [0.15, 0.2) is 0 Å². The lowest BCUT2D eigenvalue weighted by atomic mass is 10.0. The maximum atomic E-state index is 6.51. The largest absolute Gasteiger partial charge is 0.379 e. The second kappa shape index (κ2) is 9.31. The third kappa shape index (κ3) is 4.98. The van der Waals surface area contributed by atoms with Crippen LogP contribution in [0, 0.1) is 0 Å². The second-order valence-corrected chi connectivity index (χ2v) is 9.23. The van der Waals surface area contributed by atoms with E-state index >= 15 is 0 Å². The first-order valence-corrected chi connectivity index (χ1v) is 11.5. The summed E-state index contributed by atoms with van der Waals surface area (Å²) in [6.45, 7) is 2.81. The van der Waals surface area contributed by atoms with Crippen molar-refractivity contribution in [3.05, 3.63) is 57.9 Å². The third-order valence-electron chi connectivity index (χ3n) is 5.61. The Bertz CT molecular complexity index is 757. The van der Waals surface area contributed by atoms with Crippen molar-refractivity contribution < 1.29 is 0 Å². The van der Waals surface area contributed by atoms with E-state index in [0.717, 1.165) is 54.2 Å². The number of hydrogen-bond donors (Lipinski definition) is 2. The van der Waals surface area contributed by atoms with Crippen molar-refractivity contribution >= 4 is 29.1 Å². The van der Waals surface area contributed by atoms with Crippen LogP contribution in [0.15, 0.2) is 30.5 Å². The molecule has 0 unspecified atom stereocenters. The number of aromatic nitrogens is 1.